The molecule has 2 aromatic rings. The second kappa shape index (κ2) is 6.76. The van der Waals surface area contributed by atoms with E-state index in [4.69, 9.17) is 9.47 Å². The lowest BCUT2D eigenvalue weighted by Crippen LogP contribution is -2.28. The van der Waals surface area contributed by atoms with Gasteiger partial charge in [0.25, 0.3) is 0 Å². The Balaban J connectivity index is 1.75. The molecule has 3 rings (SSSR count). The smallest absolute Gasteiger partial charge is 0.325 e. The molecule has 132 valence electrons. The summed E-state index contributed by atoms with van der Waals surface area (Å²) in [4.78, 5) is 11.7. The van der Waals surface area contributed by atoms with E-state index in [2.05, 4.69) is 25.2 Å². The monoisotopic (exact) mass is 341 g/mol. The van der Waals surface area contributed by atoms with Gasteiger partial charge in [0, 0.05) is 17.5 Å². The summed E-state index contributed by atoms with van der Waals surface area (Å²) in [5.41, 5.74) is 2.86. The van der Waals surface area contributed by atoms with Crippen LogP contribution in [0.2, 0.25) is 0 Å². The van der Waals surface area contributed by atoms with Crippen LogP contribution < -0.4 is 14.8 Å². The number of rotatable bonds is 6. The first-order valence-electron chi connectivity index (χ1n) is 8.27. The molecule has 2 N–H and O–H groups in total. The Labute approximate surface area is 147 Å². The predicted octanol–water partition coefficient (Wildman–Crippen LogP) is 3.28. The molecule has 1 heterocycles. The minimum Gasteiger partial charge on any atom is -0.497 e. The van der Waals surface area contributed by atoms with Crippen LogP contribution in [0.3, 0.4) is 0 Å². The summed E-state index contributed by atoms with van der Waals surface area (Å²) in [6, 6.07) is 12.4. The van der Waals surface area contributed by atoms with Gasteiger partial charge >= 0.3 is 5.97 Å². The predicted molar refractivity (Wildman–Crippen MR) is 95.2 cm³/mol. The first-order chi connectivity index (χ1) is 11.9. The van der Waals surface area contributed by atoms with Crippen molar-refractivity contribution in [2.75, 3.05) is 13.7 Å². The first kappa shape index (κ1) is 17.3. The van der Waals surface area contributed by atoms with Crippen LogP contribution in [0.1, 0.15) is 36.6 Å². The van der Waals surface area contributed by atoms with Gasteiger partial charge < -0.3 is 14.6 Å². The molecule has 1 aliphatic rings. The zero-order chi connectivity index (χ0) is 18.0. The molecule has 0 saturated heterocycles. The maximum absolute atomic E-state index is 11.7. The van der Waals surface area contributed by atoms with E-state index >= 15 is 0 Å². The number of methoxy groups -OCH3 is 1. The molecule has 1 atom stereocenters. The van der Waals surface area contributed by atoms with Crippen molar-refractivity contribution in [2.45, 2.75) is 31.8 Å². The normalized spacial score (nSPS) is 16.0. The van der Waals surface area contributed by atoms with Gasteiger partial charge in [0.2, 0.25) is 0 Å². The average molecular weight is 341 g/mol. The highest BCUT2D eigenvalue weighted by molar-refractivity contribution is 5.75. The fourth-order valence-corrected chi connectivity index (χ4v) is 3.08. The Morgan fingerprint density at radius 3 is 2.84 bits per heavy atom. The molecule has 0 aliphatic carbocycles. The minimum atomic E-state index is -0.924. The number of hydrogen-bond acceptors (Lipinski definition) is 4. The van der Waals surface area contributed by atoms with Crippen LogP contribution in [0.5, 0.6) is 11.5 Å². The molecule has 0 aromatic heterocycles. The lowest BCUT2D eigenvalue weighted by Gasteiger charge is -2.17. The van der Waals surface area contributed by atoms with Crippen molar-refractivity contribution in [1.29, 1.82) is 0 Å². The summed E-state index contributed by atoms with van der Waals surface area (Å²) in [7, 11) is 1.56. The molecule has 0 spiro atoms. The van der Waals surface area contributed by atoms with Gasteiger partial charge in [-0.3, -0.25) is 10.1 Å². The Kier molecular flexibility index (Phi) is 4.68. The van der Waals surface area contributed by atoms with Crippen molar-refractivity contribution in [2.24, 2.45) is 0 Å². The second-order valence-electron chi connectivity index (χ2n) is 6.93. The molecular formula is C20H23NO4. The van der Waals surface area contributed by atoms with Gasteiger partial charge in [-0.25, -0.2) is 0 Å². The number of fused-ring (bicyclic) bond motifs is 1. The highest BCUT2D eigenvalue weighted by atomic mass is 16.5. The zero-order valence-electron chi connectivity index (χ0n) is 14.7. The molecule has 0 radical (unpaired) electrons. The van der Waals surface area contributed by atoms with Gasteiger partial charge in [-0.05, 0) is 29.3 Å². The number of aliphatic carboxylic acids is 1. The van der Waals surface area contributed by atoms with Crippen LogP contribution in [0.25, 0.3) is 0 Å². The maximum atomic E-state index is 11.7. The molecule has 2 aromatic carbocycles. The highest BCUT2D eigenvalue weighted by Crippen LogP contribution is 2.38. The lowest BCUT2D eigenvalue weighted by atomic mass is 9.86. The van der Waals surface area contributed by atoms with E-state index in [1.165, 1.54) is 5.56 Å². The Morgan fingerprint density at radius 2 is 2.12 bits per heavy atom. The number of carbonyl (C=O) groups is 1. The number of carboxylic acid groups (broad SMARTS) is 1. The van der Waals surface area contributed by atoms with Crippen molar-refractivity contribution < 1.29 is 19.4 Å². The van der Waals surface area contributed by atoms with Crippen molar-refractivity contribution in [3.63, 3.8) is 0 Å². The number of carboxylic acids is 1. The van der Waals surface area contributed by atoms with Gasteiger partial charge in [0.1, 0.15) is 17.5 Å². The van der Waals surface area contributed by atoms with E-state index in [-0.39, 0.29) is 5.41 Å². The van der Waals surface area contributed by atoms with Crippen LogP contribution in [0, 0.1) is 0 Å². The molecule has 5 nitrogen and oxygen atoms in total. The fraction of sp³-hybridized carbons (Fsp3) is 0.350. The summed E-state index contributed by atoms with van der Waals surface area (Å²) in [6.45, 7) is 5.41. The third-order valence-electron chi connectivity index (χ3n) is 4.55. The number of ether oxygens (including phenoxy) is 2. The zero-order valence-corrected chi connectivity index (χ0v) is 14.7. The van der Waals surface area contributed by atoms with Crippen LogP contribution in [-0.4, -0.2) is 24.8 Å². The standard InChI is InChI=1S/C20H23NO4/c1-20(2)12-25-17-9-13(7-8-16(17)20)11-21-18(19(22)23)14-5-4-6-15(10-14)24-3/h4-10,18,21H,11-12H2,1-3H3,(H,22,23). The largest absolute Gasteiger partial charge is 0.497 e. The Hall–Kier alpha value is -2.53. The number of hydrogen-bond donors (Lipinski definition) is 2. The van der Waals surface area contributed by atoms with Gasteiger partial charge in [0.05, 0.1) is 13.7 Å². The number of nitrogens with one attached hydrogen (secondary N) is 1. The molecular weight excluding hydrogens is 318 g/mol. The second-order valence-corrected chi connectivity index (χ2v) is 6.93. The summed E-state index contributed by atoms with van der Waals surface area (Å²) in [5.74, 6) is 0.600. The van der Waals surface area contributed by atoms with Crippen molar-refractivity contribution in [3.05, 3.63) is 59.2 Å². The minimum absolute atomic E-state index is 0.0193. The third-order valence-corrected chi connectivity index (χ3v) is 4.55. The summed E-state index contributed by atoms with van der Waals surface area (Å²) < 4.78 is 10.9. The van der Waals surface area contributed by atoms with Crippen LogP contribution in [-0.2, 0) is 16.8 Å². The van der Waals surface area contributed by atoms with Gasteiger partial charge in [0.15, 0.2) is 0 Å². The average Bonchev–Trinajstić information content (AvgIpc) is 2.89. The Morgan fingerprint density at radius 1 is 1.32 bits per heavy atom. The van der Waals surface area contributed by atoms with Crippen LogP contribution >= 0.6 is 0 Å². The van der Waals surface area contributed by atoms with Crippen molar-refractivity contribution in [3.8, 4) is 11.5 Å². The maximum Gasteiger partial charge on any atom is 0.325 e. The third kappa shape index (κ3) is 3.61. The van der Waals surface area contributed by atoms with Crippen molar-refractivity contribution in [1.82, 2.24) is 5.32 Å². The van der Waals surface area contributed by atoms with E-state index in [1.807, 2.05) is 12.1 Å². The highest BCUT2D eigenvalue weighted by Gasteiger charge is 2.31. The molecule has 0 fully saturated rings. The van der Waals surface area contributed by atoms with E-state index in [9.17, 15) is 9.90 Å². The van der Waals surface area contributed by atoms with E-state index in [0.717, 1.165) is 11.3 Å². The van der Waals surface area contributed by atoms with Gasteiger partial charge in [-0.2, -0.15) is 0 Å². The van der Waals surface area contributed by atoms with E-state index < -0.39 is 12.0 Å². The van der Waals surface area contributed by atoms with E-state index in [1.54, 1.807) is 31.4 Å². The van der Waals surface area contributed by atoms with Gasteiger partial charge in [-0.1, -0.05) is 38.1 Å². The SMILES string of the molecule is COc1cccc(C(NCc2ccc3c(c2)OCC3(C)C)C(=O)O)c1. The molecule has 1 aliphatic heterocycles. The molecule has 5 heteroatoms. The lowest BCUT2D eigenvalue weighted by molar-refractivity contribution is -0.139. The van der Waals surface area contributed by atoms with Gasteiger partial charge in [-0.15, -0.1) is 0 Å². The topological polar surface area (TPSA) is 67.8 Å². The summed E-state index contributed by atoms with van der Waals surface area (Å²) in [5, 5.41) is 12.7. The summed E-state index contributed by atoms with van der Waals surface area (Å²) >= 11 is 0. The first-order valence-corrected chi connectivity index (χ1v) is 8.27. The van der Waals surface area contributed by atoms with Crippen LogP contribution in [0.4, 0.5) is 0 Å². The molecule has 0 amide bonds. The van der Waals surface area contributed by atoms with Crippen molar-refractivity contribution >= 4 is 5.97 Å². The summed E-state index contributed by atoms with van der Waals surface area (Å²) in [6.07, 6.45) is 0. The fourth-order valence-electron chi connectivity index (χ4n) is 3.08. The number of benzene rings is 2. The molecule has 0 saturated carbocycles. The molecule has 1 unspecified atom stereocenters. The molecule has 0 bridgehead atoms. The van der Waals surface area contributed by atoms with E-state index in [0.29, 0.717) is 24.5 Å². The van der Waals surface area contributed by atoms with Crippen LogP contribution in [0.15, 0.2) is 42.5 Å². The Bertz CT molecular complexity index is 785. The quantitative estimate of drug-likeness (QED) is 0.844. The molecule has 25 heavy (non-hydrogen) atoms.